The maximum atomic E-state index is 12.2. The first kappa shape index (κ1) is 16.2. The predicted octanol–water partition coefficient (Wildman–Crippen LogP) is 4.30. The van der Waals surface area contributed by atoms with E-state index in [4.69, 9.17) is 39.9 Å². The van der Waals surface area contributed by atoms with Crippen LogP contribution in [0.1, 0.15) is 15.2 Å². The maximum absolute atomic E-state index is 12.2. The normalized spacial score (nSPS) is 9.90. The van der Waals surface area contributed by atoms with Gasteiger partial charge >= 0.3 is 0 Å². The van der Waals surface area contributed by atoms with Gasteiger partial charge in [0.25, 0.3) is 5.91 Å². The number of amides is 1. The van der Waals surface area contributed by atoms with Crippen molar-refractivity contribution in [2.45, 2.75) is 0 Å². The third-order valence-corrected chi connectivity index (χ3v) is 4.38. The fraction of sp³-hybridized carbons (Fsp3) is 0.0714. The Morgan fingerprint density at radius 2 is 1.95 bits per heavy atom. The highest BCUT2D eigenvalue weighted by Crippen LogP contribution is 2.32. The summed E-state index contributed by atoms with van der Waals surface area (Å²) >= 11 is 19.0. The Bertz CT molecular complexity index is 746. The molecule has 2 N–H and O–H groups in total. The van der Waals surface area contributed by atoms with E-state index in [0.717, 1.165) is 0 Å². The largest absolute Gasteiger partial charge is 0.384 e. The molecule has 0 aliphatic rings. The Morgan fingerprint density at radius 3 is 2.67 bits per heavy atom. The van der Waals surface area contributed by atoms with Crippen molar-refractivity contribution in [1.29, 1.82) is 0 Å². The summed E-state index contributed by atoms with van der Waals surface area (Å²) in [5.41, 5.74) is 0.910. The lowest BCUT2D eigenvalue weighted by Crippen LogP contribution is -2.12. The Hall–Kier alpha value is -1.22. The van der Waals surface area contributed by atoms with Gasteiger partial charge in [-0.3, -0.25) is 4.79 Å². The number of rotatable bonds is 2. The molecule has 1 heterocycles. The van der Waals surface area contributed by atoms with Crippen molar-refractivity contribution >= 4 is 57.7 Å². The number of carbonyl (C=O) groups is 1. The van der Waals surface area contributed by atoms with E-state index in [1.54, 1.807) is 11.4 Å². The zero-order valence-electron chi connectivity index (χ0n) is 10.4. The third-order valence-electron chi connectivity index (χ3n) is 2.43. The first-order chi connectivity index (χ1) is 10.0. The molecule has 1 aromatic carbocycles. The number of hydrogen-bond acceptors (Lipinski definition) is 3. The average molecular weight is 361 g/mol. The Labute approximate surface area is 140 Å². The molecule has 0 bridgehead atoms. The first-order valence-electron chi connectivity index (χ1n) is 5.66. The molecule has 2 aromatic rings. The molecule has 0 saturated heterocycles. The number of halogens is 3. The van der Waals surface area contributed by atoms with Crippen molar-refractivity contribution in [2.24, 2.45) is 0 Å². The van der Waals surface area contributed by atoms with Crippen LogP contribution in [0.2, 0.25) is 15.1 Å². The molecule has 0 aliphatic heterocycles. The molecule has 0 aliphatic carbocycles. The van der Waals surface area contributed by atoms with Crippen LogP contribution < -0.4 is 5.32 Å². The van der Waals surface area contributed by atoms with Crippen molar-refractivity contribution in [3.63, 3.8) is 0 Å². The molecule has 1 amide bonds. The van der Waals surface area contributed by atoms with E-state index in [1.807, 2.05) is 0 Å². The molecule has 0 saturated carbocycles. The van der Waals surface area contributed by atoms with Crippen LogP contribution in [-0.2, 0) is 0 Å². The van der Waals surface area contributed by atoms with Gasteiger partial charge < -0.3 is 10.4 Å². The summed E-state index contributed by atoms with van der Waals surface area (Å²) in [5.74, 6) is 4.87. The molecule has 3 nitrogen and oxygen atoms in total. The SMILES string of the molecule is O=C(Nc1cc(Cl)c(Cl)cc1Cl)c1sccc1C#CCO. The highest BCUT2D eigenvalue weighted by Gasteiger charge is 2.15. The molecule has 2 rings (SSSR count). The summed E-state index contributed by atoms with van der Waals surface area (Å²) < 4.78 is 0. The fourth-order valence-electron chi connectivity index (χ4n) is 1.52. The number of thiophene rings is 1. The minimum absolute atomic E-state index is 0.268. The summed E-state index contributed by atoms with van der Waals surface area (Å²) in [6.07, 6.45) is 0. The van der Waals surface area contributed by atoms with Crippen LogP contribution in [0, 0.1) is 11.8 Å². The van der Waals surface area contributed by atoms with E-state index in [9.17, 15) is 4.79 Å². The number of nitrogens with one attached hydrogen (secondary N) is 1. The molecule has 0 atom stereocenters. The Morgan fingerprint density at radius 1 is 1.24 bits per heavy atom. The van der Waals surface area contributed by atoms with E-state index in [0.29, 0.717) is 26.2 Å². The average Bonchev–Trinajstić information content (AvgIpc) is 2.91. The molecule has 1 aromatic heterocycles. The molecule has 0 unspecified atom stereocenters. The lowest BCUT2D eigenvalue weighted by Gasteiger charge is -2.08. The van der Waals surface area contributed by atoms with Crippen molar-refractivity contribution in [2.75, 3.05) is 11.9 Å². The summed E-state index contributed by atoms with van der Waals surface area (Å²) in [6, 6.07) is 4.65. The number of aliphatic hydroxyl groups is 1. The molecular weight excluding hydrogens is 353 g/mol. The summed E-state index contributed by atoms with van der Waals surface area (Å²) in [7, 11) is 0. The van der Waals surface area contributed by atoms with Crippen LogP contribution in [-0.4, -0.2) is 17.6 Å². The van der Waals surface area contributed by atoms with Gasteiger partial charge in [0.1, 0.15) is 11.5 Å². The number of anilines is 1. The molecule has 0 spiro atoms. The van der Waals surface area contributed by atoms with Gasteiger partial charge in [-0.1, -0.05) is 46.6 Å². The second kappa shape index (κ2) is 7.17. The summed E-state index contributed by atoms with van der Waals surface area (Å²) in [5, 5.41) is 14.0. The summed E-state index contributed by atoms with van der Waals surface area (Å²) in [4.78, 5) is 12.7. The zero-order valence-corrected chi connectivity index (χ0v) is 13.5. The molecule has 7 heteroatoms. The van der Waals surface area contributed by atoms with Crippen LogP contribution in [0.5, 0.6) is 0 Å². The first-order valence-corrected chi connectivity index (χ1v) is 7.67. The minimum atomic E-state index is -0.354. The van der Waals surface area contributed by atoms with Gasteiger partial charge in [-0.2, -0.15) is 0 Å². The van der Waals surface area contributed by atoms with Crippen molar-refractivity contribution in [3.8, 4) is 11.8 Å². The second-order valence-electron chi connectivity index (χ2n) is 3.82. The second-order valence-corrected chi connectivity index (χ2v) is 5.96. The van der Waals surface area contributed by atoms with Gasteiger partial charge in [0, 0.05) is 5.56 Å². The van der Waals surface area contributed by atoms with E-state index >= 15 is 0 Å². The molecule has 0 fully saturated rings. The quantitative estimate of drug-likeness (QED) is 0.619. The van der Waals surface area contributed by atoms with E-state index in [-0.39, 0.29) is 17.5 Å². The van der Waals surface area contributed by atoms with Crippen LogP contribution >= 0.6 is 46.1 Å². The van der Waals surface area contributed by atoms with Crippen LogP contribution in [0.3, 0.4) is 0 Å². The Balaban J connectivity index is 2.27. The van der Waals surface area contributed by atoms with Crippen molar-refractivity contribution < 1.29 is 9.90 Å². The summed E-state index contributed by atoms with van der Waals surface area (Å²) in [6.45, 7) is -0.268. The zero-order chi connectivity index (χ0) is 15.4. The van der Waals surface area contributed by atoms with Gasteiger partial charge in [-0.25, -0.2) is 0 Å². The standard InChI is InChI=1S/C14H8Cl3NO2S/c15-9-6-11(17)12(7-10(9)16)18-14(20)13-8(2-1-4-19)3-5-21-13/h3,5-7,19H,4H2,(H,18,20). The number of hydrogen-bond donors (Lipinski definition) is 2. The lowest BCUT2D eigenvalue weighted by atomic mass is 10.2. The van der Waals surface area contributed by atoms with Gasteiger partial charge in [-0.05, 0) is 23.6 Å². The lowest BCUT2D eigenvalue weighted by molar-refractivity contribution is 0.103. The number of carbonyl (C=O) groups excluding carboxylic acids is 1. The van der Waals surface area contributed by atoms with Gasteiger partial charge in [0.15, 0.2) is 0 Å². The van der Waals surface area contributed by atoms with Gasteiger partial charge in [0.2, 0.25) is 0 Å². The topological polar surface area (TPSA) is 49.3 Å². The number of benzene rings is 1. The smallest absolute Gasteiger partial charge is 0.267 e. The van der Waals surface area contributed by atoms with Crippen LogP contribution in [0.15, 0.2) is 23.6 Å². The fourth-order valence-corrected chi connectivity index (χ4v) is 2.85. The maximum Gasteiger partial charge on any atom is 0.267 e. The molecule has 108 valence electrons. The van der Waals surface area contributed by atoms with Gasteiger partial charge in [0.05, 0.1) is 20.8 Å². The van der Waals surface area contributed by atoms with E-state index in [2.05, 4.69) is 17.2 Å². The monoisotopic (exact) mass is 359 g/mol. The van der Waals surface area contributed by atoms with Gasteiger partial charge in [-0.15, -0.1) is 11.3 Å². The minimum Gasteiger partial charge on any atom is -0.384 e. The number of aliphatic hydroxyl groups excluding tert-OH is 1. The highest BCUT2D eigenvalue weighted by molar-refractivity contribution is 7.12. The van der Waals surface area contributed by atoms with Crippen molar-refractivity contribution in [3.05, 3.63) is 49.1 Å². The van der Waals surface area contributed by atoms with E-state index in [1.165, 1.54) is 23.5 Å². The molecule has 0 radical (unpaired) electrons. The molecular formula is C14H8Cl3NO2S. The Kier molecular flexibility index (Phi) is 5.51. The highest BCUT2D eigenvalue weighted by atomic mass is 35.5. The van der Waals surface area contributed by atoms with E-state index < -0.39 is 0 Å². The van der Waals surface area contributed by atoms with Crippen LogP contribution in [0.25, 0.3) is 0 Å². The van der Waals surface area contributed by atoms with Crippen LogP contribution in [0.4, 0.5) is 5.69 Å². The molecule has 21 heavy (non-hydrogen) atoms. The predicted molar refractivity (Wildman–Crippen MR) is 87.7 cm³/mol. The van der Waals surface area contributed by atoms with Crippen molar-refractivity contribution in [1.82, 2.24) is 0 Å². The third kappa shape index (κ3) is 3.91.